The molecule has 0 spiro atoms. The Labute approximate surface area is 133 Å². The summed E-state index contributed by atoms with van der Waals surface area (Å²) in [4.78, 5) is 8.81. The van der Waals surface area contributed by atoms with Gasteiger partial charge < -0.3 is 4.57 Å². The molecule has 2 aromatic heterocycles. The summed E-state index contributed by atoms with van der Waals surface area (Å²) in [5.74, 6) is 0. The summed E-state index contributed by atoms with van der Waals surface area (Å²) in [6.45, 7) is 2.01. The number of pyridine rings is 1. The van der Waals surface area contributed by atoms with E-state index in [1.165, 1.54) is 0 Å². The second-order valence-electron chi connectivity index (χ2n) is 5.05. The van der Waals surface area contributed by atoms with E-state index in [1.807, 2.05) is 36.7 Å². The third-order valence-corrected chi connectivity index (χ3v) is 3.75. The molecular weight excluding hydrogens is 296 g/mol. The highest BCUT2D eigenvalue weighted by atomic mass is 35.5. The Morgan fingerprint density at radius 3 is 2.73 bits per heavy atom. The van der Waals surface area contributed by atoms with E-state index in [4.69, 9.17) is 16.9 Å². The average Bonchev–Trinajstić information content (AvgIpc) is 2.89. The van der Waals surface area contributed by atoms with Gasteiger partial charge in [0.05, 0.1) is 29.3 Å². The van der Waals surface area contributed by atoms with Crippen LogP contribution in [-0.2, 0) is 7.05 Å². The summed E-state index contributed by atoms with van der Waals surface area (Å²) in [6.07, 6.45) is 3.38. The minimum atomic E-state index is 0.564. The minimum absolute atomic E-state index is 0.564. The molecule has 0 aliphatic rings. The van der Waals surface area contributed by atoms with Gasteiger partial charge in [0.25, 0.3) is 0 Å². The number of hydrogen-bond donors (Lipinski definition) is 0. The molecule has 4 nitrogen and oxygen atoms in total. The Morgan fingerprint density at radius 1 is 1.18 bits per heavy atom. The van der Waals surface area contributed by atoms with Gasteiger partial charge in [0.15, 0.2) is 0 Å². The van der Waals surface area contributed by atoms with Gasteiger partial charge in [-0.25, -0.2) is 4.98 Å². The highest BCUT2D eigenvalue weighted by Crippen LogP contribution is 2.33. The first-order valence-corrected chi connectivity index (χ1v) is 7.12. The van der Waals surface area contributed by atoms with Crippen molar-refractivity contribution in [3.63, 3.8) is 0 Å². The fraction of sp³-hybridized carbons (Fsp3) is 0.118. The van der Waals surface area contributed by atoms with Crippen LogP contribution in [0.4, 0.5) is 0 Å². The summed E-state index contributed by atoms with van der Waals surface area (Å²) in [5, 5.41) is 9.76. The van der Waals surface area contributed by atoms with Crippen molar-refractivity contribution < 1.29 is 0 Å². The summed E-state index contributed by atoms with van der Waals surface area (Å²) >= 11 is 6.04. The molecule has 0 N–H and O–H groups in total. The molecule has 2 heterocycles. The smallest absolute Gasteiger partial charge is 0.115 e. The third-order valence-electron chi connectivity index (χ3n) is 3.51. The molecule has 3 aromatic rings. The minimum Gasteiger partial charge on any atom is -0.333 e. The summed E-state index contributed by atoms with van der Waals surface area (Å²) in [6, 6.07) is 11.3. The lowest BCUT2D eigenvalue weighted by Crippen LogP contribution is -1.95. The number of aryl methyl sites for hydroxylation is 2. The van der Waals surface area contributed by atoms with Gasteiger partial charge in [-0.3, -0.25) is 4.98 Å². The second-order valence-corrected chi connectivity index (χ2v) is 5.49. The molecule has 0 saturated carbocycles. The van der Waals surface area contributed by atoms with Crippen LogP contribution in [0.3, 0.4) is 0 Å². The van der Waals surface area contributed by atoms with E-state index in [0.717, 1.165) is 22.5 Å². The standard InChI is InChI=1S/C17H13ClN4/c1-11-7-13(18)3-4-14(11)17-16(21-10-22(17)2)15-8-12(9-19)5-6-20-15/h3-8,10H,1-2H3. The number of imidazole rings is 1. The monoisotopic (exact) mass is 308 g/mol. The van der Waals surface area contributed by atoms with Crippen molar-refractivity contribution >= 4 is 11.6 Å². The highest BCUT2D eigenvalue weighted by molar-refractivity contribution is 6.30. The molecule has 108 valence electrons. The highest BCUT2D eigenvalue weighted by Gasteiger charge is 2.16. The van der Waals surface area contributed by atoms with Crippen LogP contribution >= 0.6 is 11.6 Å². The zero-order chi connectivity index (χ0) is 15.7. The van der Waals surface area contributed by atoms with Gasteiger partial charge in [-0.2, -0.15) is 5.26 Å². The van der Waals surface area contributed by atoms with Gasteiger partial charge in [-0.1, -0.05) is 17.7 Å². The zero-order valence-corrected chi connectivity index (χ0v) is 13.0. The Hall–Kier alpha value is -2.64. The van der Waals surface area contributed by atoms with Gasteiger partial charge in [-0.05, 0) is 36.8 Å². The Kier molecular flexibility index (Phi) is 3.66. The largest absolute Gasteiger partial charge is 0.333 e. The lowest BCUT2D eigenvalue weighted by molar-refractivity contribution is 0.920. The summed E-state index contributed by atoms with van der Waals surface area (Å²) in [7, 11) is 1.94. The van der Waals surface area contributed by atoms with Crippen LogP contribution in [0.5, 0.6) is 0 Å². The Balaban J connectivity index is 2.22. The van der Waals surface area contributed by atoms with Crippen molar-refractivity contribution in [3.8, 4) is 28.7 Å². The van der Waals surface area contributed by atoms with Gasteiger partial charge in [0.1, 0.15) is 5.69 Å². The fourth-order valence-electron chi connectivity index (χ4n) is 2.46. The van der Waals surface area contributed by atoms with Gasteiger partial charge in [0.2, 0.25) is 0 Å². The van der Waals surface area contributed by atoms with Crippen molar-refractivity contribution in [1.29, 1.82) is 5.26 Å². The Bertz CT molecular complexity index is 890. The SMILES string of the molecule is Cc1cc(Cl)ccc1-c1c(-c2cc(C#N)ccn2)ncn1C. The number of halogens is 1. The van der Waals surface area contributed by atoms with Crippen molar-refractivity contribution in [2.75, 3.05) is 0 Å². The van der Waals surface area contributed by atoms with Crippen LogP contribution in [0.15, 0.2) is 42.9 Å². The normalized spacial score (nSPS) is 10.5. The predicted octanol–water partition coefficient (Wildman–Crippen LogP) is 3.98. The van der Waals surface area contributed by atoms with E-state index in [0.29, 0.717) is 16.3 Å². The zero-order valence-electron chi connectivity index (χ0n) is 12.2. The number of benzene rings is 1. The molecular formula is C17H13ClN4. The molecule has 0 radical (unpaired) electrons. The second kappa shape index (κ2) is 5.63. The van der Waals surface area contributed by atoms with Crippen LogP contribution in [0.2, 0.25) is 5.02 Å². The predicted molar refractivity (Wildman–Crippen MR) is 86.3 cm³/mol. The maximum Gasteiger partial charge on any atom is 0.115 e. The molecule has 5 heteroatoms. The van der Waals surface area contributed by atoms with E-state index >= 15 is 0 Å². The summed E-state index contributed by atoms with van der Waals surface area (Å²) < 4.78 is 1.95. The molecule has 0 bridgehead atoms. The van der Waals surface area contributed by atoms with Gasteiger partial charge in [0, 0.05) is 23.8 Å². The lowest BCUT2D eigenvalue weighted by atomic mass is 10.0. The fourth-order valence-corrected chi connectivity index (χ4v) is 2.68. The third kappa shape index (κ3) is 2.47. The quantitative estimate of drug-likeness (QED) is 0.719. The van der Waals surface area contributed by atoms with E-state index < -0.39 is 0 Å². The number of hydrogen-bond acceptors (Lipinski definition) is 3. The first kappa shape index (κ1) is 14.3. The van der Waals surface area contributed by atoms with Crippen molar-refractivity contribution in [1.82, 2.24) is 14.5 Å². The maximum absolute atomic E-state index is 9.06. The number of nitrogens with zero attached hydrogens (tertiary/aromatic N) is 4. The van der Waals surface area contributed by atoms with Crippen LogP contribution in [-0.4, -0.2) is 14.5 Å². The Morgan fingerprint density at radius 2 is 2.00 bits per heavy atom. The van der Waals surface area contributed by atoms with Crippen LogP contribution in [0, 0.1) is 18.3 Å². The topological polar surface area (TPSA) is 54.5 Å². The van der Waals surface area contributed by atoms with E-state index in [-0.39, 0.29) is 0 Å². The molecule has 0 atom stereocenters. The lowest BCUT2D eigenvalue weighted by Gasteiger charge is -2.10. The van der Waals surface area contributed by atoms with E-state index in [9.17, 15) is 0 Å². The van der Waals surface area contributed by atoms with Crippen LogP contribution in [0.1, 0.15) is 11.1 Å². The number of aromatic nitrogens is 3. The van der Waals surface area contributed by atoms with E-state index in [1.54, 1.807) is 24.7 Å². The maximum atomic E-state index is 9.06. The first-order chi connectivity index (χ1) is 10.6. The average molecular weight is 309 g/mol. The molecule has 0 saturated heterocycles. The van der Waals surface area contributed by atoms with Gasteiger partial charge in [-0.15, -0.1) is 0 Å². The molecule has 1 aromatic carbocycles. The summed E-state index contributed by atoms with van der Waals surface area (Å²) in [5.41, 5.74) is 5.07. The van der Waals surface area contributed by atoms with Crippen LogP contribution < -0.4 is 0 Å². The molecule has 0 unspecified atom stereocenters. The van der Waals surface area contributed by atoms with Gasteiger partial charge >= 0.3 is 0 Å². The van der Waals surface area contributed by atoms with Crippen molar-refractivity contribution in [3.05, 3.63) is 59.0 Å². The molecule has 22 heavy (non-hydrogen) atoms. The van der Waals surface area contributed by atoms with E-state index in [2.05, 4.69) is 16.0 Å². The first-order valence-electron chi connectivity index (χ1n) is 6.74. The van der Waals surface area contributed by atoms with Crippen molar-refractivity contribution in [2.24, 2.45) is 7.05 Å². The molecule has 0 aliphatic carbocycles. The molecule has 0 fully saturated rings. The molecule has 0 amide bonds. The number of rotatable bonds is 2. The number of nitriles is 1. The van der Waals surface area contributed by atoms with Crippen molar-refractivity contribution in [2.45, 2.75) is 6.92 Å². The molecule has 3 rings (SSSR count). The molecule has 0 aliphatic heterocycles. The van der Waals surface area contributed by atoms with Crippen LogP contribution in [0.25, 0.3) is 22.6 Å².